The fourth-order valence-corrected chi connectivity index (χ4v) is 3.32. The Morgan fingerprint density at radius 2 is 2.17 bits per heavy atom. The third-order valence-electron chi connectivity index (χ3n) is 4.86. The molecule has 130 valence electrons. The van der Waals surface area contributed by atoms with Gasteiger partial charge in [0.15, 0.2) is 0 Å². The number of aliphatic hydroxyl groups is 1. The summed E-state index contributed by atoms with van der Waals surface area (Å²) in [5.41, 5.74) is 2.77. The number of likely N-dealkylation sites (tertiary alicyclic amines) is 1. The number of benzene rings is 1. The number of hydrogen-bond donors (Lipinski definition) is 1. The summed E-state index contributed by atoms with van der Waals surface area (Å²) in [6.45, 7) is 6.92. The van der Waals surface area contributed by atoms with Gasteiger partial charge in [-0.15, -0.1) is 0 Å². The van der Waals surface area contributed by atoms with Gasteiger partial charge in [-0.05, 0) is 50.9 Å². The number of aryl methyl sites for hydroxylation is 2. The first-order chi connectivity index (χ1) is 11.5. The van der Waals surface area contributed by atoms with Crippen molar-refractivity contribution in [2.24, 2.45) is 7.05 Å². The molecule has 0 amide bonds. The van der Waals surface area contributed by atoms with Crippen molar-refractivity contribution in [2.45, 2.75) is 38.8 Å². The van der Waals surface area contributed by atoms with Crippen LogP contribution >= 0.6 is 0 Å². The predicted octanol–water partition coefficient (Wildman–Crippen LogP) is 2.44. The van der Waals surface area contributed by atoms with Gasteiger partial charge in [0.2, 0.25) is 0 Å². The van der Waals surface area contributed by atoms with Crippen molar-refractivity contribution in [1.29, 1.82) is 0 Å². The second-order valence-electron chi connectivity index (χ2n) is 7.02. The first kappa shape index (κ1) is 17.0. The highest BCUT2D eigenvalue weighted by molar-refractivity contribution is 5.27. The molecule has 0 spiro atoms. The Morgan fingerprint density at radius 3 is 2.88 bits per heavy atom. The van der Waals surface area contributed by atoms with Gasteiger partial charge in [0.25, 0.3) is 0 Å². The van der Waals surface area contributed by atoms with Crippen molar-refractivity contribution in [3.05, 3.63) is 47.3 Å². The number of nitrogens with zero attached hydrogens (tertiary/aromatic N) is 3. The van der Waals surface area contributed by atoms with Crippen molar-refractivity contribution in [3.63, 3.8) is 0 Å². The lowest BCUT2D eigenvalue weighted by molar-refractivity contribution is -0.0621. The summed E-state index contributed by atoms with van der Waals surface area (Å²) in [4.78, 5) is 2.30. The minimum atomic E-state index is -0.794. The van der Waals surface area contributed by atoms with Crippen LogP contribution in [0.25, 0.3) is 0 Å². The maximum atomic E-state index is 10.9. The Bertz CT molecular complexity index is 698. The molecule has 1 N–H and O–H groups in total. The van der Waals surface area contributed by atoms with Crippen LogP contribution in [0.5, 0.6) is 5.75 Å². The Kier molecular flexibility index (Phi) is 4.92. The lowest BCUT2D eigenvalue weighted by Crippen LogP contribution is -2.51. The third kappa shape index (κ3) is 3.97. The van der Waals surface area contributed by atoms with Crippen molar-refractivity contribution in [2.75, 3.05) is 19.7 Å². The summed E-state index contributed by atoms with van der Waals surface area (Å²) >= 11 is 0. The Morgan fingerprint density at radius 1 is 1.33 bits per heavy atom. The van der Waals surface area contributed by atoms with Gasteiger partial charge in [0.05, 0.1) is 6.20 Å². The number of β-amino-alcohol motifs (C(OH)–C–C–N with tert-alkyl or cyclic N) is 1. The van der Waals surface area contributed by atoms with Crippen LogP contribution in [0.4, 0.5) is 0 Å². The van der Waals surface area contributed by atoms with Crippen LogP contribution in [0, 0.1) is 13.8 Å². The van der Waals surface area contributed by atoms with Gasteiger partial charge in [-0.25, -0.2) is 0 Å². The number of hydrogen-bond acceptors (Lipinski definition) is 4. The molecule has 3 rings (SSSR count). The maximum absolute atomic E-state index is 10.9. The molecule has 5 nitrogen and oxygen atoms in total. The maximum Gasteiger partial charge on any atom is 0.119 e. The van der Waals surface area contributed by atoms with E-state index in [4.69, 9.17) is 4.74 Å². The molecule has 2 heterocycles. The molecule has 0 radical (unpaired) electrons. The molecule has 24 heavy (non-hydrogen) atoms. The molecule has 2 aromatic rings. The monoisotopic (exact) mass is 329 g/mol. The number of piperidine rings is 1. The van der Waals surface area contributed by atoms with Gasteiger partial charge in [-0.3, -0.25) is 9.58 Å². The number of ether oxygens (including phenoxy) is 1. The quantitative estimate of drug-likeness (QED) is 0.915. The fourth-order valence-electron chi connectivity index (χ4n) is 3.32. The molecule has 1 fully saturated rings. The molecule has 0 saturated carbocycles. The lowest BCUT2D eigenvalue weighted by atomic mass is 9.93. The van der Waals surface area contributed by atoms with E-state index in [1.807, 2.05) is 49.1 Å². The lowest BCUT2D eigenvalue weighted by Gasteiger charge is -2.38. The molecule has 0 unspecified atom stereocenters. The van der Waals surface area contributed by atoms with Crippen LogP contribution in [0.1, 0.15) is 29.7 Å². The molecular weight excluding hydrogens is 302 g/mol. The van der Waals surface area contributed by atoms with E-state index in [-0.39, 0.29) is 0 Å². The smallest absolute Gasteiger partial charge is 0.119 e. The zero-order chi connectivity index (χ0) is 17.2. The topological polar surface area (TPSA) is 50.5 Å². The van der Waals surface area contributed by atoms with E-state index in [1.165, 1.54) is 11.3 Å². The number of rotatable bonds is 5. The average molecular weight is 329 g/mol. The summed E-state index contributed by atoms with van der Waals surface area (Å²) in [5.74, 6) is 0.823. The summed E-state index contributed by atoms with van der Waals surface area (Å²) in [7, 11) is 1.96. The minimum Gasteiger partial charge on any atom is -0.491 e. The molecule has 1 saturated heterocycles. The molecule has 0 aliphatic carbocycles. The van der Waals surface area contributed by atoms with E-state index < -0.39 is 5.60 Å². The van der Waals surface area contributed by atoms with Crippen LogP contribution < -0.4 is 4.74 Å². The molecule has 1 aromatic heterocycles. The molecule has 1 aliphatic heterocycles. The summed E-state index contributed by atoms with van der Waals surface area (Å²) in [5, 5.41) is 15.2. The Hall–Kier alpha value is -1.85. The van der Waals surface area contributed by atoms with Gasteiger partial charge in [0.1, 0.15) is 18.0 Å². The first-order valence-electron chi connectivity index (χ1n) is 8.57. The molecule has 1 aromatic carbocycles. The van der Waals surface area contributed by atoms with Crippen molar-refractivity contribution < 1.29 is 9.84 Å². The van der Waals surface area contributed by atoms with Gasteiger partial charge in [-0.2, -0.15) is 5.10 Å². The molecule has 0 bridgehead atoms. The molecule has 1 atom stereocenters. The second kappa shape index (κ2) is 6.95. The standard InChI is InChI=1S/C19H27N3O2/c1-15-6-4-7-18(10-15)24-14-19(23)8-5-9-22(13-19)12-17-11-20-21(3)16(17)2/h4,6-7,10-11,23H,5,8-9,12-14H2,1-3H3/t19-/m1/s1. The molecule has 1 aliphatic rings. The SMILES string of the molecule is Cc1cccc(OC[C@@]2(O)CCCN(Cc3cnn(C)c3C)C2)c1. The summed E-state index contributed by atoms with van der Waals surface area (Å²) in [6.07, 6.45) is 3.68. The van der Waals surface area contributed by atoms with E-state index in [2.05, 4.69) is 16.9 Å². The summed E-state index contributed by atoms with van der Waals surface area (Å²) < 4.78 is 7.76. The average Bonchev–Trinajstić information content (AvgIpc) is 2.85. The Balaban J connectivity index is 1.60. The highest BCUT2D eigenvalue weighted by atomic mass is 16.5. The van der Waals surface area contributed by atoms with E-state index >= 15 is 0 Å². The largest absolute Gasteiger partial charge is 0.491 e. The van der Waals surface area contributed by atoms with Crippen molar-refractivity contribution in [3.8, 4) is 5.75 Å². The van der Waals surface area contributed by atoms with Crippen LogP contribution in [0.15, 0.2) is 30.5 Å². The molecule has 5 heteroatoms. The highest BCUT2D eigenvalue weighted by Crippen LogP contribution is 2.25. The minimum absolute atomic E-state index is 0.332. The van der Waals surface area contributed by atoms with E-state index in [1.54, 1.807) is 0 Å². The highest BCUT2D eigenvalue weighted by Gasteiger charge is 2.34. The zero-order valence-corrected chi connectivity index (χ0v) is 14.8. The third-order valence-corrected chi connectivity index (χ3v) is 4.86. The van der Waals surface area contributed by atoms with Crippen LogP contribution in [0.2, 0.25) is 0 Å². The van der Waals surface area contributed by atoms with E-state index in [0.717, 1.165) is 37.2 Å². The summed E-state index contributed by atoms with van der Waals surface area (Å²) in [6, 6.07) is 7.96. The van der Waals surface area contributed by atoms with Gasteiger partial charge in [0, 0.05) is 31.4 Å². The van der Waals surface area contributed by atoms with Crippen molar-refractivity contribution >= 4 is 0 Å². The van der Waals surface area contributed by atoms with Gasteiger partial charge >= 0.3 is 0 Å². The second-order valence-corrected chi connectivity index (χ2v) is 7.02. The van der Waals surface area contributed by atoms with Gasteiger partial charge < -0.3 is 9.84 Å². The number of aromatic nitrogens is 2. The predicted molar refractivity (Wildman–Crippen MR) is 94.1 cm³/mol. The first-order valence-corrected chi connectivity index (χ1v) is 8.57. The Labute approximate surface area is 143 Å². The van der Waals surface area contributed by atoms with Crippen LogP contribution in [0.3, 0.4) is 0 Å². The zero-order valence-electron chi connectivity index (χ0n) is 14.8. The van der Waals surface area contributed by atoms with E-state index in [9.17, 15) is 5.11 Å². The van der Waals surface area contributed by atoms with Crippen LogP contribution in [-0.2, 0) is 13.6 Å². The normalized spacial score (nSPS) is 21.8. The van der Waals surface area contributed by atoms with Gasteiger partial charge in [-0.1, -0.05) is 12.1 Å². The van der Waals surface area contributed by atoms with Crippen molar-refractivity contribution in [1.82, 2.24) is 14.7 Å². The van der Waals surface area contributed by atoms with E-state index in [0.29, 0.717) is 13.2 Å². The molecular formula is C19H27N3O2. The van der Waals surface area contributed by atoms with Crippen LogP contribution in [-0.4, -0.2) is 45.1 Å². The fraction of sp³-hybridized carbons (Fsp3) is 0.526.